The zero-order chi connectivity index (χ0) is 19.9. The molecule has 0 fully saturated rings. The highest BCUT2D eigenvalue weighted by Gasteiger charge is 2.08. The van der Waals surface area contributed by atoms with Gasteiger partial charge in [-0.3, -0.25) is 4.79 Å². The molecule has 3 aromatic carbocycles. The van der Waals surface area contributed by atoms with Gasteiger partial charge in [0, 0.05) is 5.69 Å². The van der Waals surface area contributed by atoms with Crippen LogP contribution in [-0.4, -0.2) is 26.1 Å². The maximum absolute atomic E-state index is 12.3. The van der Waals surface area contributed by atoms with E-state index in [1.54, 1.807) is 31.4 Å². The summed E-state index contributed by atoms with van der Waals surface area (Å²) in [7, 11) is 2.97. The van der Waals surface area contributed by atoms with E-state index >= 15 is 0 Å². The van der Waals surface area contributed by atoms with Crippen LogP contribution in [0.5, 0.6) is 5.75 Å². The van der Waals surface area contributed by atoms with Crippen molar-refractivity contribution in [1.82, 2.24) is 0 Å². The molecule has 0 aromatic heterocycles. The van der Waals surface area contributed by atoms with Crippen molar-refractivity contribution in [1.29, 1.82) is 0 Å². The highest BCUT2D eigenvalue weighted by Crippen LogP contribution is 2.24. The third-order valence-electron chi connectivity index (χ3n) is 4.31. The smallest absolute Gasteiger partial charge is 0.337 e. The molecule has 1 N–H and O–H groups in total. The third kappa shape index (κ3) is 4.76. The van der Waals surface area contributed by atoms with Crippen molar-refractivity contribution in [3.8, 4) is 16.9 Å². The van der Waals surface area contributed by atoms with E-state index in [-0.39, 0.29) is 12.3 Å². The molecule has 5 nitrogen and oxygen atoms in total. The van der Waals surface area contributed by atoms with E-state index in [1.165, 1.54) is 7.11 Å². The lowest BCUT2D eigenvalue weighted by Crippen LogP contribution is -2.14. The molecular formula is C23H21NO4. The molecule has 0 aliphatic heterocycles. The Morgan fingerprint density at radius 3 is 2.21 bits per heavy atom. The maximum Gasteiger partial charge on any atom is 0.337 e. The Hall–Kier alpha value is -3.60. The van der Waals surface area contributed by atoms with Gasteiger partial charge in [-0.1, -0.05) is 36.4 Å². The second-order valence-electron chi connectivity index (χ2n) is 6.22. The number of hydrogen-bond acceptors (Lipinski definition) is 4. The molecule has 142 valence electrons. The Labute approximate surface area is 163 Å². The van der Waals surface area contributed by atoms with Crippen molar-refractivity contribution >= 4 is 17.6 Å². The summed E-state index contributed by atoms with van der Waals surface area (Å²) >= 11 is 0. The van der Waals surface area contributed by atoms with Crippen LogP contribution in [0.2, 0.25) is 0 Å². The van der Waals surface area contributed by atoms with E-state index in [9.17, 15) is 9.59 Å². The third-order valence-corrected chi connectivity index (χ3v) is 4.31. The van der Waals surface area contributed by atoms with Gasteiger partial charge >= 0.3 is 5.97 Å². The summed E-state index contributed by atoms with van der Waals surface area (Å²) in [4.78, 5) is 23.7. The SMILES string of the molecule is COC(=O)c1ccc(NC(=O)Cc2ccc(-c3cccc(OC)c3)cc2)cc1. The van der Waals surface area contributed by atoms with Gasteiger partial charge in [-0.15, -0.1) is 0 Å². The largest absolute Gasteiger partial charge is 0.497 e. The van der Waals surface area contributed by atoms with Crippen LogP contribution >= 0.6 is 0 Å². The van der Waals surface area contributed by atoms with Crippen LogP contribution in [-0.2, 0) is 16.0 Å². The first kappa shape index (κ1) is 19.2. The standard InChI is InChI=1S/C23H21NO4/c1-27-21-5-3-4-19(15-21)17-8-6-16(7-9-17)14-22(25)24-20-12-10-18(11-13-20)23(26)28-2/h3-13,15H,14H2,1-2H3,(H,24,25). The molecule has 0 radical (unpaired) electrons. The fraction of sp³-hybridized carbons (Fsp3) is 0.130. The molecule has 28 heavy (non-hydrogen) atoms. The topological polar surface area (TPSA) is 64.6 Å². The van der Waals surface area contributed by atoms with Gasteiger partial charge < -0.3 is 14.8 Å². The number of amides is 1. The van der Waals surface area contributed by atoms with E-state index in [1.807, 2.05) is 48.5 Å². The lowest BCUT2D eigenvalue weighted by Gasteiger charge is -2.08. The number of benzene rings is 3. The average Bonchev–Trinajstić information content (AvgIpc) is 2.74. The number of carbonyl (C=O) groups is 2. The summed E-state index contributed by atoms with van der Waals surface area (Å²) in [5.74, 6) is 0.271. The monoisotopic (exact) mass is 375 g/mol. The summed E-state index contributed by atoms with van der Waals surface area (Å²) in [6.07, 6.45) is 0.261. The lowest BCUT2D eigenvalue weighted by atomic mass is 10.0. The predicted octanol–water partition coefficient (Wildman–Crippen LogP) is 4.33. The number of nitrogens with one attached hydrogen (secondary N) is 1. The summed E-state index contributed by atoms with van der Waals surface area (Å²) < 4.78 is 9.91. The first-order valence-electron chi connectivity index (χ1n) is 8.80. The molecule has 0 bridgehead atoms. The molecule has 0 aliphatic rings. The number of ether oxygens (including phenoxy) is 2. The quantitative estimate of drug-likeness (QED) is 0.652. The van der Waals surface area contributed by atoms with Gasteiger partial charge in [0.15, 0.2) is 0 Å². The van der Waals surface area contributed by atoms with Crippen LogP contribution in [0.15, 0.2) is 72.8 Å². The first-order chi connectivity index (χ1) is 13.6. The van der Waals surface area contributed by atoms with E-state index in [2.05, 4.69) is 10.1 Å². The number of carbonyl (C=O) groups excluding carboxylic acids is 2. The molecule has 0 saturated carbocycles. The van der Waals surface area contributed by atoms with Crippen molar-refractivity contribution in [2.24, 2.45) is 0 Å². The zero-order valence-electron chi connectivity index (χ0n) is 15.8. The maximum atomic E-state index is 12.3. The fourth-order valence-electron chi connectivity index (χ4n) is 2.82. The van der Waals surface area contributed by atoms with Gasteiger partial charge in [0.2, 0.25) is 5.91 Å². The van der Waals surface area contributed by atoms with Gasteiger partial charge in [0.1, 0.15) is 5.75 Å². The minimum atomic E-state index is -0.408. The van der Waals surface area contributed by atoms with Crippen molar-refractivity contribution in [2.75, 3.05) is 19.5 Å². The molecule has 1 amide bonds. The lowest BCUT2D eigenvalue weighted by molar-refractivity contribution is -0.115. The molecule has 3 rings (SSSR count). The van der Waals surface area contributed by atoms with Gasteiger partial charge in [0.25, 0.3) is 0 Å². The Kier molecular flexibility index (Phi) is 6.07. The van der Waals surface area contributed by atoms with Crippen molar-refractivity contribution in [3.63, 3.8) is 0 Å². The predicted molar refractivity (Wildman–Crippen MR) is 109 cm³/mol. The van der Waals surface area contributed by atoms with Gasteiger partial charge in [-0.25, -0.2) is 4.79 Å². The van der Waals surface area contributed by atoms with Crippen molar-refractivity contribution < 1.29 is 19.1 Å². The molecule has 0 saturated heterocycles. The van der Waals surface area contributed by atoms with Crippen LogP contribution < -0.4 is 10.1 Å². The molecule has 5 heteroatoms. The van der Waals surface area contributed by atoms with E-state index in [0.29, 0.717) is 11.3 Å². The van der Waals surface area contributed by atoms with E-state index in [4.69, 9.17) is 4.74 Å². The van der Waals surface area contributed by atoms with Gasteiger partial charge in [0.05, 0.1) is 26.2 Å². The molecule has 0 spiro atoms. The second-order valence-corrected chi connectivity index (χ2v) is 6.22. The zero-order valence-corrected chi connectivity index (χ0v) is 15.8. The molecule has 0 aliphatic carbocycles. The van der Waals surface area contributed by atoms with Crippen LogP contribution in [0.1, 0.15) is 15.9 Å². The minimum Gasteiger partial charge on any atom is -0.497 e. The van der Waals surface area contributed by atoms with Gasteiger partial charge in [-0.05, 0) is 53.1 Å². The number of anilines is 1. The second kappa shape index (κ2) is 8.86. The van der Waals surface area contributed by atoms with Crippen LogP contribution in [0.4, 0.5) is 5.69 Å². The number of esters is 1. The number of hydrogen-bond donors (Lipinski definition) is 1. The fourth-order valence-corrected chi connectivity index (χ4v) is 2.82. The van der Waals surface area contributed by atoms with Crippen molar-refractivity contribution in [2.45, 2.75) is 6.42 Å². The Balaban J connectivity index is 1.62. The summed E-state index contributed by atoms with van der Waals surface area (Å²) in [5, 5.41) is 2.83. The Bertz CT molecular complexity index is 963. The van der Waals surface area contributed by atoms with Crippen LogP contribution in [0, 0.1) is 0 Å². The summed E-state index contributed by atoms with van der Waals surface area (Å²) in [5.41, 5.74) is 4.09. The highest BCUT2D eigenvalue weighted by molar-refractivity contribution is 5.94. The van der Waals surface area contributed by atoms with Crippen molar-refractivity contribution in [3.05, 3.63) is 83.9 Å². The van der Waals surface area contributed by atoms with Crippen LogP contribution in [0.25, 0.3) is 11.1 Å². The highest BCUT2D eigenvalue weighted by atomic mass is 16.5. The molecule has 0 heterocycles. The molecular weight excluding hydrogens is 354 g/mol. The first-order valence-corrected chi connectivity index (χ1v) is 8.80. The summed E-state index contributed by atoms with van der Waals surface area (Å²) in [6, 6.07) is 22.3. The number of methoxy groups -OCH3 is 2. The van der Waals surface area contributed by atoms with Crippen LogP contribution in [0.3, 0.4) is 0 Å². The Morgan fingerprint density at radius 2 is 1.57 bits per heavy atom. The average molecular weight is 375 g/mol. The molecule has 0 atom stereocenters. The summed E-state index contributed by atoms with van der Waals surface area (Å²) in [6.45, 7) is 0. The van der Waals surface area contributed by atoms with E-state index in [0.717, 1.165) is 22.4 Å². The molecule has 0 unspecified atom stereocenters. The molecule has 3 aromatic rings. The Morgan fingerprint density at radius 1 is 0.857 bits per heavy atom. The van der Waals surface area contributed by atoms with E-state index < -0.39 is 5.97 Å². The number of rotatable bonds is 6. The van der Waals surface area contributed by atoms with Gasteiger partial charge in [-0.2, -0.15) is 0 Å². The normalized spacial score (nSPS) is 10.2. The minimum absolute atomic E-state index is 0.125.